The van der Waals surface area contributed by atoms with Gasteiger partial charge in [0.05, 0.1) is 18.6 Å². The molecule has 0 aliphatic carbocycles. The van der Waals surface area contributed by atoms with Crippen LogP contribution in [-0.4, -0.2) is 46.6 Å². The monoisotopic (exact) mass is 262 g/mol. The molecule has 0 heterocycles. The van der Waals surface area contributed by atoms with E-state index in [1.54, 1.807) is 20.8 Å². The number of ether oxygens (including phenoxy) is 2. The van der Waals surface area contributed by atoms with E-state index in [1.165, 1.54) is 6.92 Å². The molecule has 0 fully saturated rings. The van der Waals surface area contributed by atoms with E-state index in [0.717, 1.165) is 0 Å². The maximum absolute atomic E-state index is 11.4. The lowest BCUT2D eigenvalue weighted by Gasteiger charge is -2.21. The van der Waals surface area contributed by atoms with Crippen LogP contribution >= 0.6 is 0 Å². The van der Waals surface area contributed by atoms with Gasteiger partial charge < -0.3 is 19.7 Å². The molecular weight excluding hydrogens is 240 g/mol. The number of hydrogen-bond donors (Lipinski definition) is 2. The molecule has 0 rings (SSSR count). The van der Waals surface area contributed by atoms with Crippen LogP contribution in [0, 0.1) is 0 Å². The predicted molar refractivity (Wildman–Crippen MR) is 63.7 cm³/mol. The lowest BCUT2D eigenvalue weighted by Crippen LogP contribution is -2.29. The Labute approximate surface area is 107 Å². The Kier molecular flexibility index (Phi) is 6.86. The molecule has 0 aliphatic heterocycles. The molecule has 0 aromatic carbocycles. The van der Waals surface area contributed by atoms with Crippen LogP contribution in [0.2, 0.25) is 0 Å². The number of esters is 2. The second-order valence-electron chi connectivity index (χ2n) is 5.14. The minimum atomic E-state index is -1.02. The zero-order chi connectivity index (χ0) is 14.3. The molecule has 0 radical (unpaired) electrons. The van der Waals surface area contributed by atoms with Gasteiger partial charge in [-0.2, -0.15) is 0 Å². The zero-order valence-corrected chi connectivity index (χ0v) is 11.3. The van der Waals surface area contributed by atoms with Gasteiger partial charge in [0.2, 0.25) is 0 Å². The highest BCUT2D eigenvalue weighted by molar-refractivity contribution is 5.70. The lowest BCUT2D eigenvalue weighted by molar-refractivity contribution is -0.158. The second kappa shape index (κ2) is 7.33. The van der Waals surface area contributed by atoms with E-state index >= 15 is 0 Å². The van der Waals surface area contributed by atoms with Crippen LogP contribution in [0.15, 0.2) is 0 Å². The van der Waals surface area contributed by atoms with Crippen LogP contribution in [0.5, 0.6) is 0 Å². The third-order valence-electron chi connectivity index (χ3n) is 1.85. The van der Waals surface area contributed by atoms with Crippen LogP contribution in [-0.2, 0) is 19.1 Å². The average Bonchev–Trinajstić information content (AvgIpc) is 2.10. The summed E-state index contributed by atoms with van der Waals surface area (Å²) in [6.45, 7) is 6.22. The summed E-state index contributed by atoms with van der Waals surface area (Å²) in [6, 6.07) is 0. The Morgan fingerprint density at radius 2 is 1.72 bits per heavy atom. The van der Waals surface area contributed by atoms with E-state index in [1.807, 2.05) is 0 Å². The summed E-state index contributed by atoms with van der Waals surface area (Å²) < 4.78 is 9.60. The fourth-order valence-electron chi connectivity index (χ4n) is 1.25. The Morgan fingerprint density at radius 1 is 1.17 bits per heavy atom. The van der Waals surface area contributed by atoms with Crippen LogP contribution in [0.25, 0.3) is 0 Å². The normalized spacial score (nSPS) is 14.8. The van der Waals surface area contributed by atoms with Gasteiger partial charge in [0.15, 0.2) is 0 Å². The summed E-state index contributed by atoms with van der Waals surface area (Å²) in [5, 5.41) is 19.0. The number of aliphatic hydroxyl groups excluding tert-OH is 2. The molecule has 6 nitrogen and oxygen atoms in total. The average molecular weight is 262 g/mol. The molecule has 106 valence electrons. The molecule has 2 N–H and O–H groups in total. The smallest absolute Gasteiger partial charge is 0.308 e. The zero-order valence-electron chi connectivity index (χ0n) is 11.3. The molecule has 2 atom stereocenters. The summed E-state index contributed by atoms with van der Waals surface area (Å²) in [6.07, 6.45) is -2.27. The Morgan fingerprint density at radius 3 is 2.17 bits per heavy atom. The van der Waals surface area contributed by atoms with Gasteiger partial charge in [0.25, 0.3) is 0 Å². The molecule has 0 aromatic rings. The summed E-state index contributed by atoms with van der Waals surface area (Å²) >= 11 is 0. The van der Waals surface area contributed by atoms with E-state index in [9.17, 15) is 19.8 Å². The molecule has 0 saturated heterocycles. The molecule has 18 heavy (non-hydrogen) atoms. The first kappa shape index (κ1) is 16.9. The third-order valence-corrected chi connectivity index (χ3v) is 1.85. The third kappa shape index (κ3) is 10.0. The first-order valence-electron chi connectivity index (χ1n) is 5.81. The quantitative estimate of drug-likeness (QED) is 0.673. The van der Waals surface area contributed by atoms with E-state index in [0.29, 0.717) is 0 Å². The van der Waals surface area contributed by atoms with Crippen molar-refractivity contribution in [2.75, 3.05) is 6.61 Å². The standard InChI is InChI=1S/C12H22O6/c1-8(13)17-7-10(15)5-9(14)6-11(16)18-12(2,3)4/h9-10,14-15H,5-7H2,1-4H3/t9?,10-/m0/s1. The lowest BCUT2D eigenvalue weighted by atomic mass is 10.1. The van der Waals surface area contributed by atoms with E-state index in [4.69, 9.17) is 4.74 Å². The Bertz CT molecular complexity index is 281. The van der Waals surface area contributed by atoms with Gasteiger partial charge in [0, 0.05) is 13.3 Å². The van der Waals surface area contributed by atoms with Crippen molar-refractivity contribution in [2.45, 2.75) is 58.3 Å². The van der Waals surface area contributed by atoms with Crippen molar-refractivity contribution >= 4 is 11.9 Å². The van der Waals surface area contributed by atoms with Crippen molar-refractivity contribution in [3.8, 4) is 0 Å². The molecule has 0 aliphatic rings. The Hall–Kier alpha value is -1.14. The van der Waals surface area contributed by atoms with E-state index < -0.39 is 29.7 Å². The van der Waals surface area contributed by atoms with Crippen LogP contribution in [0.1, 0.15) is 40.5 Å². The number of carbonyl (C=O) groups is 2. The van der Waals surface area contributed by atoms with E-state index in [2.05, 4.69) is 4.74 Å². The molecule has 0 amide bonds. The SMILES string of the molecule is CC(=O)OC[C@@H](O)CC(O)CC(=O)OC(C)(C)C. The van der Waals surface area contributed by atoms with Crippen LogP contribution < -0.4 is 0 Å². The highest BCUT2D eigenvalue weighted by Gasteiger charge is 2.21. The van der Waals surface area contributed by atoms with Crippen LogP contribution in [0.4, 0.5) is 0 Å². The number of rotatable bonds is 6. The van der Waals surface area contributed by atoms with Gasteiger partial charge >= 0.3 is 11.9 Å². The van der Waals surface area contributed by atoms with Gasteiger partial charge in [-0.3, -0.25) is 9.59 Å². The van der Waals surface area contributed by atoms with Crippen LogP contribution in [0.3, 0.4) is 0 Å². The number of carbonyl (C=O) groups excluding carboxylic acids is 2. The van der Waals surface area contributed by atoms with Crippen molar-refractivity contribution in [2.24, 2.45) is 0 Å². The highest BCUT2D eigenvalue weighted by atomic mass is 16.6. The van der Waals surface area contributed by atoms with Gasteiger partial charge in [-0.05, 0) is 20.8 Å². The number of hydrogen-bond acceptors (Lipinski definition) is 6. The molecular formula is C12H22O6. The fraction of sp³-hybridized carbons (Fsp3) is 0.833. The predicted octanol–water partition coefficient (Wildman–Crippen LogP) is 0.393. The molecule has 0 aromatic heterocycles. The molecule has 0 bridgehead atoms. The fourth-order valence-corrected chi connectivity index (χ4v) is 1.25. The molecule has 0 saturated carbocycles. The Balaban J connectivity index is 3.92. The van der Waals surface area contributed by atoms with E-state index in [-0.39, 0.29) is 19.4 Å². The highest BCUT2D eigenvalue weighted by Crippen LogP contribution is 2.11. The van der Waals surface area contributed by atoms with Crippen molar-refractivity contribution in [3.05, 3.63) is 0 Å². The van der Waals surface area contributed by atoms with Gasteiger partial charge in [-0.25, -0.2) is 0 Å². The molecule has 0 spiro atoms. The van der Waals surface area contributed by atoms with Crippen molar-refractivity contribution in [1.29, 1.82) is 0 Å². The first-order chi connectivity index (χ1) is 8.10. The minimum Gasteiger partial charge on any atom is -0.463 e. The second-order valence-corrected chi connectivity index (χ2v) is 5.14. The van der Waals surface area contributed by atoms with Gasteiger partial charge in [0.1, 0.15) is 12.2 Å². The summed E-state index contributed by atoms with van der Waals surface area (Å²) in [5.41, 5.74) is -0.604. The van der Waals surface area contributed by atoms with Crippen molar-refractivity contribution in [1.82, 2.24) is 0 Å². The van der Waals surface area contributed by atoms with Gasteiger partial charge in [-0.1, -0.05) is 0 Å². The first-order valence-corrected chi connectivity index (χ1v) is 5.81. The summed E-state index contributed by atoms with van der Waals surface area (Å²) in [4.78, 5) is 21.9. The topological polar surface area (TPSA) is 93.1 Å². The minimum absolute atomic E-state index is 0.0491. The largest absolute Gasteiger partial charge is 0.463 e. The number of aliphatic hydroxyl groups is 2. The van der Waals surface area contributed by atoms with Crippen molar-refractivity contribution < 1.29 is 29.3 Å². The molecule has 6 heteroatoms. The summed E-state index contributed by atoms with van der Waals surface area (Å²) in [7, 11) is 0. The maximum Gasteiger partial charge on any atom is 0.308 e. The van der Waals surface area contributed by atoms with Gasteiger partial charge in [-0.15, -0.1) is 0 Å². The maximum atomic E-state index is 11.4. The van der Waals surface area contributed by atoms with Crippen molar-refractivity contribution in [3.63, 3.8) is 0 Å². The summed E-state index contributed by atoms with van der Waals surface area (Å²) in [5.74, 6) is -1.04. The molecule has 1 unspecified atom stereocenters.